The van der Waals surface area contributed by atoms with Crippen molar-refractivity contribution >= 4 is 5.91 Å². The minimum atomic E-state index is -0.916. The van der Waals surface area contributed by atoms with E-state index in [9.17, 15) is 18.8 Å². The molecule has 1 amide bonds. The molecule has 4 aromatic rings. The molecule has 2 aromatic carbocycles. The third kappa shape index (κ3) is 4.73. The van der Waals surface area contributed by atoms with Crippen LogP contribution >= 0.6 is 0 Å². The third-order valence-corrected chi connectivity index (χ3v) is 5.37. The van der Waals surface area contributed by atoms with Gasteiger partial charge in [0.25, 0.3) is 11.5 Å². The van der Waals surface area contributed by atoms with Crippen molar-refractivity contribution in [3.8, 4) is 5.69 Å². The molecule has 0 aliphatic carbocycles. The number of amides is 1. The Labute approximate surface area is 194 Å². The lowest BCUT2D eigenvalue weighted by Crippen LogP contribution is -2.46. The Morgan fingerprint density at radius 3 is 2.44 bits per heavy atom. The third-order valence-electron chi connectivity index (χ3n) is 5.37. The van der Waals surface area contributed by atoms with E-state index in [1.54, 1.807) is 30.3 Å². The van der Waals surface area contributed by atoms with Gasteiger partial charge in [-0.2, -0.15) is 9.78 Å². The molecular formula is C25H23FN4O4. The average molecular weight is 462 g/mol. The normalized spacial score (nSPS) is 11.1. The van der Waals surface area contributed by atoms with Gasteiger partial charge in [-0.1, -0.05) is 44.2 Å². The first-order valence-corrected chi connectivity index (χ1v) is 10.7. The first-order chi connectivity index (χ1) is 16.3. The molecule has 174 valence electrons. The minimum absolute atomic E-state index is 0.0302. The van der Waals surface area contributed by atoms with Crippen LogP contribution in [0.2, 0.25) is 0 Å². The summed E-state index contributed by atoms with van der Waals surface area (Å²) in [7, 11) is 0. The molecule has 4 rings (SSSR count). The van der Waals surface area contributed by atoms with Crippen LogP contribution in [0.15, 0.2) is 80.9 Å². The summed E-state index contributed by atoms with van der Waals surface area (Å²) < 4.78 is 21.3. The molecule has 0 fully saturated rings. The molecule has 2 aromatic heterocycles. The molecule has 0 radical (unpaired) electrons. The molecular weight excluding hydrogens is 439 g/mol. The Bertz CT molecular complexity index is 1420. The summed E-state index contributed by atoms with van der Waals surface area (Å²) in [6, 6.07) is 16.2. The molecule has 9 heteroatoms. The van der Waals surface area contributed by atoms with Gasteiger partial charge in [0.15, 0.2) is 0 Å². The van der Waals surface area contributed by atoms with E-state index in [0.717, 1.165) is 14.8 Å². The van der Waals surface area contributed by atoms with Gasteiger partial charge in [0.2, 0.25) is 5.69 Å². The molecule has 8 nitrogen and oxygen atoms in total. The SMILES string of the molecule is CC(C)c1ccc(-n2nc(C(=O)NCc3ccco3)c(=O)n(Cc3ccccc3F)c2=O)cc1. The van der Waals surface area contributed by atoms with Crippen LogP contribution in [0.3, 0.4) is 0 Å². The predicted molar refractivity (Wildman–Crippen MR) is 124 cm³/mol. The summed E-state index contributed by atoms with van der Waals surface area (Å²) in [4.78, 5) is 39.2. The highest BCUT2D eigenvalue weighted by Gasteiger charge is 2.21. The van der Waals surface area contributed by atoms with E-state index < -0.39 is 28.7 Å². The molecule has 34 heavy (non-hydrogen) atoms. The van der Waals surface area contributed by atoms with Crippen molar-refractivity contribution in [1.29, 1.82) is 0 Å². The van der Waals surface area contributed by atoms with Crippen molar-refractivity contribution in [1.82, 2.24) is 19.7 Å². The first kappa shape index (κ1) is 22.9. The number of hydrogen-bond acceptors (Lipinski definition) is 5. The van der Waals surface area contributed by atoms with Gasteiger partial charge in [-0.25, -0.2) is 9.18 Å². The molecule has 0 unspecified atom stereocenters. The minimum Gasteiger partial charge on any atom is -0.467 e. The molecule has 2 heterocycles. The number of aromatic nitrogens is 3. The van der Waals surface area contributed by atoms with Crippen LogP contribution in [-0.4, -0.2) is 20.3 Å². The lowest BCUT2D eigenvalue weighted by Gasteiger charge is -2.13. The van der Waals surface area contributed by atoms with Crippen LogP contribution in [0.5, 0.6) is 0 Å². The molecule has 1 N–H and O–H groups in total. The van der Waals surface area contributed by atoms with Crippen molar-refractivity contribution in [3.63, 3.8) is 0 Å². The van der Waals surface area contributed by atoms with E-state index >= 15 is 0 Å². The zero-order valence-corrected chi connectivity index (χ0v) is 18.7. The lowest BCUT2D eigenvalue weighted by atomic mass is 10.0. The maximum Gasteiger partial charge on any atom is 0.352 e. The quantitative estimate of drug-likeness (QED) is 0.455. The number of carbonyl (C=O) groups excluding carboxylic acids is 1. The summed E-state index contributed by atoms with van der Waals surface area (Å²) in [5.41, 5.74) is -0.634. The number of benzene rings is 2. The maximum atomic E-state index is 14.3. The highest BCUT2D eigenvalue weighted by molar-refractivity contribution is 5.91. The number of nitrogens with zero attached hydrogens (tertiary/aromatic N) is 3. The van der Waals surface area contributed by atoms with E-state index in [0.29, 0.717) is 11.4 Å². The van der Waals surface area contributed by atoms with Gasteiger partial charge < -0.3 is 9.73 Å². The summed E-state index contributed by atoms with van der Waals surface area (Å²) >= 11 is 0. The van der Waals surface area contributed by atoms with Gasteiger partial charge in [-0.15, -0.1) is 0 Å². The topological polar surface area (TPSA) is 99.1 Å². The van der Waals surface area contributed by atoms with Crippen molar-refractivity contribution < 1.29 is 13.6 Å². The number of rotatable bonds is 7. The lowest BCUT2D eigenvalue weighted by molar-refractivity contribution is 0.0938. The largest absolute Gasteiger partial charge is 0.467 e. The van der Waals surface area contributed by atoms with Gasteiger partial charge in [0.1, 0.15) is 11.6 Å². The highest BCUT2D eigenvalue weighted by atomic mass is 19.1. The number of hydrogen-bond donors (Lipinski definition) is 1. The smallest absolute Gasteiger partial charge is 0.352 e. The van der Waals surface area contributed by atoms with Gasteiger partial charge in [-0.3, -0.25) is 14.2 Å². The van der Waals surface area contributed by atoms with Gasteiger partial charge >= 0.3 is 5.69 Å². The zero-order valence-electron chi connectivity index (χ0n) is 18.7. The highest BCUT2D eigenvalue weighted by Crippen LogP contribution is 2.16. The Hall–Kier alpha value is -4.27. The maximum absolute atomic E-state index is 14.3. The van der Waals surface area contributed by atoms with Gasteiger partial charge in [0.05, 0.1) is 25.0 Å². The van der Waals surface area contributed by atoms with E-state index in [2.05, 4.69) is 10.4 Å². The zero-order chi connectivity index (χ0) is 24.2. The molecule has 0 atom stereocenters. The first-order valence-electron chi connectivity index (χ1n) is 10.7. The monoisotopic (exact) mass is 462 g/mol. The summed E-state index contributed by atoms with van der Waals surface area (Å²) in [6.07, 6.45) is 1.46. The van der Waals surface area contributed by atoms with E-state index in [1.807, 2.05) is 26.0 Å². The molecule has 0 saturated carbocycles. The molecule has 0 bridgehead atoms. The second-order valence-electron chi connectivity index (χ2n) is 8.03. The second-order valence-corrected chi connectivity index (χ2v) is 8.03. The summed E-state index contributed by atoms with van der Waals surface area (Å²) in [6.45, 7) is 3.75. The molecule has 0 saturated heterocycles. The number of nitrogens with one attached hydrogen (secondary N) is 1. The molecule has 0 aliphatic rings. The number of carbonyl (C=O) groups is 1. The van der Waals surface area contributed by atoms with Crippen molar-refractivity contribution in [2.75, 3.05) is 0 Å². The van der Waals surface area contributed by atoms with Crippen LogP contribution in [-0.2, 0) is 13.1 Å². The fourth-order valence-electron chi connectivity index (χ4n) is 3.43. The van der Waals surface area contributed by atoms with Crippen LogP contribution in [0.1, 0.15) is 47.1 Å². The molecule has 0 aliphatic heterocycles. The standard InChI is InChI=1S/C25H23FN4O4/c1-16(2)17-9-11-19(12-10-17)30-25(33)29(15-18-6-3-4-8-21(18)26)24(32)22(28-30)23(31)27-14-20-7-5-13-34-20/h3-13,16H,14-15H2,1-2H3,(H,27,31). The van der Waals surface area contributed by atoms with Gasteiger partial charge in [-0.05, 0) is 41.8 Å². The summed E-state index contributed by atoms with van der Waals surface area (Å²) in [5.74, 6) is -0.590. The fraction of sp³-hybridized carbons (Fsp3) is 0.200. The van der Waals surface area contributed by atoms with E-state index in [1.165, 1.54) is 24.5 Å². The van der Waals surface area contributed by atoms with Crippen molar-refractivity contribution in [3.05, 3.63) is 116 Å². The van der Waals surface area contributed by atoms with Crippen LogP contribution in [0.4, 0.5) is 4.39 Å². The summed E-state index contributed by atoms with van der Waals surface area (Å²) in [5, 5.41) is 6.64. The van der Waals surface area contributed by atoms with Gasteiger partial charge in [0, 0.05) is 5.56 Å². The predicted octanol–water partition coefficient (Wildman–Crippen LogP) is 3.23. The van der Waals surface area contributed by atoms with Crippen molar-refractivity contribution in [2.24, 2.45) is 0 Å². The Balaban J connectivity index is 1.80. The fourth-order valence-corrected chi connectivity index (χ4v) is 3.43. The second kappa shape index (κ2) is 9.70. The number of furan rings is 1. The van der Waals surface area contributed by atoms with E-state index in [4.69, 9.17) is 4.42 Å². The number of halogens is 1. The Morgan fingerprint density at radius 1 is 1.06 bits per heavy atom. The van der Waals surface area contributed by atoms with Crippen LogP contribution in [0, 0.1) is 5.82 Å². The molecule has 0 spiro atoms. The van der Waals surface area contributed by atoms with E-state index in [-0.39, 0.29) is 24.6 Å². The van der Waals surface area contributed by atoms with Crippen molar-refractivity contribution in [2.45, 2.75) is 32.9 Å². The Morgan fingerprint density at radius 2 is 1.79 bits per heavy atom. The average Bonchev–Trinajstić information content (AvgIpc) is 3.35. The Kier molecular flexibility index (Phi) is 6.53. The van der Waals surface area contributed by atoms with Crippen LogP contribution in [0.25, 0.3) is 5.69 Å². The van der Waals surface area contributed by atoms with Crippen LogP contribution < -0.4 is 16.6 Å².